The smallest absolute Gasteiger partial charge is 0.163 e. The van der Waals surface area contributed by atoms with Gasteiger partial charge in [-0.25, -0.2) is 0 Å². The summed E-state index contributed by atoms with van der Waals surface area (Å²) in [5, 5.41) is 12.1. The fourth-order valence-corrected chi connectivity index (χ4v) is 0.974. The van der Waals surface area contributed by atoms with E-state index in [0.717, 1.165) is 5.69 Å². The van der Waals surface area contributed by atoms with Crippen molar-refractivity contribution in [2.75, 3.05) is 12.4 Å². The fourth-order valence-electron chi connectivity index (χ4n) is 0.974. The average molecular weight is 165 g/mol. The van der Waals surface area contributed by atoms with Crippen molar-refractivity contribution in [3.63, 3.8) is 0 Å². The molecule has 12 heavy (non-hydrogen) atoms. The SMILES string of the molecule is CNc1ccc(O)c(C(C)=O)c1. The zero-order valence-electron chi connectivity index (χ0n) is 7.09. The van der Waals surface area contributed by atoms with Gasteiger partial charge in [-0.2, -0.15) is 0 Å². The summed E-state index contributed by atoms with van der Waals surface area (Å²) >= 11 is 0. The van der Waals surface area contributed by atoms with Gasteiger partial charge in [0.05, 0.1) is 5.56 Å². The molecule has 1 aromatic rings. The molecule has 1 aromatic carbocycles. The first-order valence-corrected chi connectivity index (χ1v) is 3.67. The number of rotatable bonds is 2. The molecule has 3 nitrogen and oxygen atoms in total. The van der Waals surface area contributed by atoms with Crippen molar-refractivity contribution >= 4 is 11.5 Å². The van der Waals surface area contributed by atoms with E-state index in [1.807, 2.05) is 0 Å². The molecule has 0 amide bonds. The average Bonchev–Trinajstić information content (AvgIpc) is 2.05. The van der Waals surface area contributed by atoms with E-state index in [2.05, 4.69) is 5.32 Å². The summed E-state index contributed by atoms with van der Waals surface area (Å²) in [5.41, 5.74) is 1.17. The van der Waals surface area contributed by atoms with Crippen molar-refractivity contribution in [2.24, 2.45) is 0 Å². The highest BCUT2D eigenvalue weighted by Crippen LogP contribution is 2.21. The van der Waals surface area contributed by atoms with Gasteiger partial charge in [0.1, 0.15) is 5.75 Å². The number of ketones is 1. The summed E-state index contributed by atoms with van der Waals surface area (Å²) in [5.74, 6) is -0.105. The van der Waals surface area contributed by atoms with E-state index in [-0.39, 0.29) is 11.5 Å². The first kappa shape index (κ1) is 8.59. The van der Waals surface area contributed by atoms with Crippen LogP contribution in [-0.4, -0.2) is 17.9 Å². The maximum absolute atomic E-state index is 10.9. The van der Waals surface area contributed by atoms with E-state index >= 15 is 0 Å². The highest BCUT2D eigenvalue weighted by molar-refractivity contribution is 5.97. The number of Topliss-reactive ketones (excluding diaryl/α,β-unsaturated/α-hetero) is 1. The molecule has 0 unspecified atom stereocenters. The normalized spacial score (nSPS) is 9.50. The number of aromatic hydroxyl groups is 1. The quantitative estimate of drug-likeness (QED) is 0.517. The van der Waals surface area contributed by atoms with Crippen LogP contribution in [0.2, 0.25) is 0 Å². The Morgan fingerprint density at radius 1 is 1.50 bits per heavy atom. The van der Waals surface area contributed by atoms with Gasteiger partial charge in [-0.3, -0.25) is 4.79 Å². The van der Waals surface area contributed by atoms with Crippen molar-refractivity contribution in [1.29, 1.82) is 0 Å². The van der Waals surface area contributed by atoms with E-state index in [9.17, 15) is 9.90 Å². The lowest BCUT2D eigenvalue weighted by Crippen LogP contribution is -1.95. The summed E-state index contributed by atoms with van der Waals surface area (Å²) in [7, 11) is 1.76. The Morgan fingerprint density at radius 2 is 2.17 bits per heavy atom. The third kappa shape index (κ3) is 1.56. The van der Waals surface area contributed by atoms with Crippen LogP contribution in [-0.2, 0) is 0 Å². The molecular weight excluding hydrogens is 154 g/mol. The van der Waals surface area contributed by atoms with E-state index in [1.54, 1.807) is 19.2 Å². The van der Waals surface area contributed by atoms with Crippen LogP contribution in [0.5, 0.6) is 5.75 Å². The van der Waals surface area contributed by atoms with Crippen LogP contribution in [0.15, 0.2) is 18.2 Å². The Bertz CT molecular complexity index is 307. The second-order valence-electron chi connectivity index (χ2n) is 2.54. The van der Waals surface area contributed by atoms with E-state index in [0.29, 0.717) is 5.56 Å². The molecule has 1 rings (SSSR count). The lowest BCUT2D eigenvalue weighted by molar-refractivity contribution is 0.101. The molecule has 0 saturated heterocycles. The summed E-state index contributed by atoms with van der Waals surface area (Å²) in [4.78, 5) is 10.9. The molecule has 0 heterocycles. The van der Waals surface area contributed by atoms with Gasteiger partial charge in [0.25, 0.3) is 0 Å². The zero-order chi connectivity index (χ0) is 9.14. The number of hydrogen-bond acceptors (Lipinski definition) is 3. The van der Waals surface area contributed by atoms with Crippen molar-refractivity contribution in [1.82, 2.24) is 0 Å². The van der Waals surface area contributed by atoms with Crippen molar-refractivity contribution < 1.29 is 9.90 Å². The van der Waals surface area contributed by atoms with Gasteiger partial charge in [0.2, 0.25) is 0 Å². The molecule has 0 aliphatic carbocycles. The van der Waals surface area contributed by atoms with Crippen LogP contribution in [0, 0.1) is 0 Å². The zero-order valence-corrected chi connectivity index (χ0v) is 7.09. The minimum atomic E-state index is -0.135. The standard InChI is InChI=1S/C9H11NO2/c1-6(11)8-5-7(10-2)3-4-9(8)12/h3-5,10,12H,1-2H3. The lowest BCUT2D eigenvalue weighted by atomic mass is 10.1. The number of hydrogen-bond donors (Lipinski definition) is 2. The summed E-state index contributed by atoms with van der Waals surface area (Å²) < 4.78 is 0. The minimum Gasteiger partial charge on any atom is -0.507 e. The van der Waals surface area contributed by atoms with Crippen LogP contribution >= 0.6 is 0 Å². The molecule has 0 aliphatic heterocycles. The van der Waals surface area contributed by atoms with Crippen molar-refractivity contribution in [3.05, 3.63) is 23.8 Å². The Hall–Kier alpha value is -1.51. The Balaban J connectivity index is 3.17. The minimum absolute atomic E-state index is 0.0292. The van der Waals surface area contributed by atoms with Gasteiger partial charge in [-0.05, 0) is 25.1 Å². The fraction of sp³-hybridized carbons (Fsp3) is 0.222. The first-order valence-electron chi connectivity index (χ1n) is 3.67. The number of carbonyl (C=O) groups excluding carboxylic acids is 1. The molecule has 0 atom stereocenters. The molecule has 3 heteroatoms. The number of anilines is 1. The highest BCUT2D eigenvalue weighted by Gasteiger charge is 2.05. The largest absolute Gasteiger partial charge is 0.507 e. The molecule has 0 radical (unpaired) electrons. The molecule has 0 aliphatic rings. The van der Waals surface area contributed by atoms with E-state index in [1.165, 1.54) is 13.0 Å². The molecular formula is C9H11NO2. The van der Waals surface area contributed by atoms with E-state index < -0.39 is 0 Å². The molecule has 2 N–H and O–H groups in total. The molecule has 64 valence electrons. The van der Waals surface area contributed by atoms with Gasteiger partial charge in [-0.15, -0.1) is 0 Å². The predicted molar refractivity (Wildman–Crippen MR) is 47.7 cm³/mol. The Kier molecular flexibility index (Phi) is 2.33. The molecule has 0 fully saturated rings. The van der Waals surface area contributed by atoms with E-state index in [4.69, 9.17) is 0 Å². The van der Waals surface area contributed by atoms with Gasteiger partial charge >= 0.3 is 0 Å². The maximum atomic E-state index is 10.9. The molecule has 0 spiro atoms. The first-order chi connectivity index (χ1) is 5.65. The Morgan fingerprint density at radius 3 is 2.67 bits per heavy atom. The van der Waals surface area contributed by atoms with Crippen LogP contribution in [0.4, 0.5) is 5.69 Å². The van der Waals surface area contributed by atoms with Crippen LogP contribution in [0.1, 0.15) is 17.3 Å². The maximum Gasteiger partial charge on any atom is 0.163 e. The Labute approximate surface area is 71.0 Å². The van der Waals surface area contributed by atoms with Crippen LogP contribution < -0.4 is 5.32 Å². The summed E-state index contributed by atoms with van der Waals surface area (Å²) in [6, 6.07) is 4.84. The highest BCUT2D eigenvalue weighted by atomic mass is 16.3. The molecule has 0 saturated carbocycles. The number of nitrogens with one attached hydrogen (secondary N) is 1. The number of benzene rings is 1. The second kappa shape index (κ2) is 3.26. The van der Waals surface area contributed by atoms with Gasteiger partial charge < -0.3 is 10.4 Å². The third-order valence-electron chi connectivity index (χ3n) is 1.66. The van der Waals surface area contributed by atoms with Crippen LogP contribution in [0.3, 0.4) is 0 Å². The topological polar surface area (TPSA) is 49.3 Å². The monoisotopic (exact) mass is 165 g/mol. The third-order valence-corrected chi connectivity index (χ3v) is 1.66. The van der Waals surface area contributed by atoms with Crippen LogP contribution in [0.25, 0.3) is 0 Å². The van der Waals surface area contributed by atoms with Crippen molar-refractivity contribution in [3.8, 4) is 5.75 Å². The number of carbonyl (C=O) groups is 1. The van der Waals surface area contributed by atoms with Gasteiger partial charge in [0.15, 0.2) is 5.78 Å². The number of phenolic OH excluding ortho intramolecular Hbond substituents is 1. The number of phenols is 1. The van der Waals surface area contributed by atoms with Gasteiger partial charge in [0, 0.05) is 12.7 Å². The summed E-state index contributed by atoms with van der Waals surface area (Å²) in [6.45, 7) is 1.43. The second-order valence-corrected chi connectivity index (χ2v) is 2.54. The summed E-state index contributed by atoms with van der Waals surface area (Å²) in [6.07, 6.45) is 0. The van der Waals surface area contributed by atoms with Crippen molar-refractivity contribution in [2.45, 2.75) is 6.92 Å². The lowest BCUT2D eigenvalue weighted by Gasteiger charge is -2.03. The molecule has 0 bridgehead atoms. The predicted octanol–water partition coefficient (Wildman–Crippen LogP) is 1.64. The van der Waals surface area contributed by atoms with Gasteiger partial charge in [-0.1, -0.05) is 0 Å². The molecule has 0 aromatic heterocycles.